The fraction of sp³-hybridized carbons (Fsp3) is 0.529. The Morgan fingerprint density at radius 2 is 2.04 bits per heavy atom. The fourth-order valence-corrected chi connectivity index (χ4v) is 2.45. The first-order chi connectivity index (χ1) is 10.8. The SMILES string of the molecule is CCCCCCNC(N)=NCCCn1cnc2ccccc21.I. The molecule has 0 aliphatic carbocycles. The van der Waals surface area contributed by atoms with Gasteiger partial charge in [0.15, 0.2) is 5.96 Å². The number of guanidine groups is 1. The quantitative estimate of drug-likeness (QED) is 0.277. The summed E-state index contributed by atoms with van der Waals surface area (Å²) < 4.78 is 2.17. The van der Waals surface area contributed by atoms with E-state index >= 15 is 0 Å². The van der Waals surface area contributed by atoms with Crippen LogP contribution in [0, 0.1) is 0 Å². The molecule has 0 radical (unpaired) electrons. The van der Waals surface area contributed by atoms with Gasteiger partial charge in [0.25, 0.3) is 0 Å². The van der Waals surface area contributed by atoms with Crippen LogP contribution in [0.25, 0.3) is 11.0 Å². The molecule has 0 saturated carbocycles. The Labute approximate surface area is 155 Å². The molecule has 1 aromatic heterocycles. The molecule has 2 rings (SSSR count). The summed E-state index contributed by atoms with van der Waals surface area (Å²) in [4.78, 5) is 8.76. The lowest BCUT2D eigenvalue weighted by Crippen LogP contribution is -2.32. The maximum absolute atomic E-state index is 5.86. The van der Waals surface area contributed by atoms with Crippen LogP contribution in [0.3, 0.4) is 0 Å². The van der Waals surface area contributed by atoms with Gasteiger partial charge in [0.2, 0.25) is 0 Å². The van der Waals surface area contributed by atoms with Gasteiger partial charge in [0.1, 0.15) is 0 Å². The van der Waals surface area contributed by atoms with Crippen molar-refractivity contribution in [2.24, 2.45) is 10.7 Å². The first kappa shape index (κ1) is 19.7. The van der Waals surface area contributed by atoms with E-state index in [-0.39, 0.29) is 24.0 Å². The zero-order valence-electron chi connectivity index (χ0n) is 13.9. The third kappa shape index (κ3) is 6.76. The van der Waals surface area contributed by atoms with Crippen LogP contribution in [0.1, 0.15) is 39.0 Å². The van der Waals surface area contributed by atoms with Crippen LogP contribution in [-0.2, 0) is 6.54 Å². The summed E-state index contributed by atoms with van der Waals surface area (Å²) in [6.07, 6.45) is 7.81. The third-order valence-corrected chi connectivity index (χ3v) is 3.70. The molecule has 0 aliphatic rings. The van der Waals surface area contributed by atoms with Gasteiger partial charge < -0.3 is 15.6 Å². The number of benzene rings is 1. The first-order valence-corrected chi connectivity index (χ1v) is 8.25. The molecule has 1 heterocycles. The van der Waals surface area contributed by atoms with Crippen LogP contribution in [-0.4, -0.2) is 28.6 Å². The van der Waals surface area contributed by atoms with Crippen molar-refractivity contribution < 1.29 is 0 Å². The van der Waals surface area contributed by atoms with Crippen molar-refractivity contribution in [2.75, 3.05) is 13.1 Å². The van der Waals surface area contributed by atoms with E-state index in [1.54, 1.807) is 0 Å². The zero-order valence-corrected chi connectivity index (χ0v) is 16.2. The molecule has 6 heteroatoms. The molecular formula is C17H28IN5. The fourth-order valence-electron chi connectivity index (χ4n) is 2.45. The van der Waals surface area contributed by atoms with Gasteiger partial charge in [-0.25, -0.2) is 4.98 Å². The average Bonchev–Trinajstić information content (AvgIpc) is 2.95. The van der Waals surface area contributed by atoms with Crippen molar-refractivity contribution in [3.63, 3.8) is 0 Å². The average molecular weight is 429 g/mol. The van der Waals surface area contributed by atoms with Gasteiger partial charge in [-0.05, 0) is 25.0 Å². The van der Waals surface area contributed by atoms with E-state index < -0.39 is 0 Å². The van der Waals surface area contributed by atoms with Crippen molar-refractivity contribution in [1.82, 2.24) is 14.9 Å². The number of para-hydroxylation sites is 2. The predicted octanol–water partition coefficient (Wildman–Crippen LogP) is 3.53. The largest absolute Gasteiger partial charge is 0.370 e. The monoisotopic (exact) mass is 429 g/mol. The molecule has 23 heavy (non-hydrogen) atoms. The summed E-state index contributed by atoms with van der Waals surface area (Å²) in [6.45, 7) is 4.78. The number of nitrogens with two attached hydrogens (primary N) is 1. The van der Waals surface area contributed by atoms with E-state index in [1.165, 1.54) is 24.8 Å². The minimum atomic E-state index is 0. The van der Waals surface area contributed by atoms with E-state index in [9.17, 15) is 0 Å². The van der Waals surface area contributed by atoms with E-state index in [1.807, 2.05) is 24.5 Å². The molecule has 0 bridgehead atoms. The molecule has 0 fully saturated rings. The lowest BCUT2D eigenvalue weighted by Gasteiger charge is -2.06. The number of fused-ring (bicyclic) bond motifs is 1. The summed E-state index contributed by atoms with van der Waals surface area (Å²) in [5.41, 5.74) is 8.07. The standard InChI is InChI=1S/C17H27N5.HI/c1-2-3-4-7-11-19-17(18)20-12-8-13-22-14-21-15-9-5-6-10-16(15)22;/h5-6,9-10,14H,2-4,7-8,11-13H2,1H3,(H3,18,19,20);1H. The van der Waals surface area contributed by atoms with Crippen LogP contribution < -0.4 is 11.1 Å². The molecule has 0 amide bonds. The third-order valence-electron chi connectivity index (χ3n) is 3.70. The Hall–Kier alpha value is -1.31. The number of halogens is 1. The molecule has 0 spiro atoms. The first-order valence-electron chi connectivity index (χ1n) is 8.25. The highest BCUT2D eigenvalue weighted by Gasteiger charge is 2.00. The Kier molecular flexibility index (Phi) is 9.66. The van der Waals surface area contributed by atoms with Crippen molar-refractivity contribution in [3.8, 4) is 0 Å². The highest BCUT2D eigenvalue weighted by Crippen LogP contribution is 2.11. The molecule has 128 valence electrons. The lowest BCUT2D eigenvalue weighted by atomic mass is 10.2. The predicted molar refractivity (Wildman–Crippen MR) is 108 cm³/mol. The van der Waals surface area contributed by atoms with Crippen LogP contribution in [0.4, 0.5) is 0 Å². The summed E-state index contributed by atoms with van der Waals surface area (Å²) in [5, 5.41) is 3.17. The number of hydrogen-bond donors (Lipinski definition) is 2. The number of rotatable bonds is 9. The van der Waals surface area contributed by atoms with E-state index in [0.717, 1.165) is 38.0 Å². The van der Waals surface area contributed by atoms with Gasteiger partial charge in [-0.2, -0.15) is 0 Å². The maximum Gasteiger partial charge on any atom is 0.188 e. The summed E-state index contributed by atoms with van der Waals surface area (Å²) in [7, 11) is 0. The van der Waals surface area contributed by atoms with Crippen LogP contribution >= 0.6 is 24.0 Å². The number of imidazole rings is 1. The molecule has 3 N–H and O–H groups in total. The highest BCUT2D eigenvalue weighted by molar-refractivity contribution is 14.0. The molecule has 2 aromatic rings. The second kappa shape index (κ2) is 11.3. The molecular weight excluding hydrogens is 401 g/mol. The summed E-state index contributed by atoms with van der Waals surface area (Å²) in [5.74, 6) is 0.562. The van der Waals surface area contributed by atoms with E-state index in [4.69, 9.17) is 5.73 Å². The van der Waals surface area contributed by atoms with Gasteiger partial charge in [-0.15, -0.1) is 24.0 Å². The number of aryl methyl sites for hydroxylation is 1. The lowest BCUT2D eigenvalue weighted by molar-refractivity contribution is 0.647. The second-order valence-electron chi connectivity index (χ2n) is 5.53. The maximum atomic E-state index is 5.86. The normalized spacial score (nSPS) is 11.4. The van der Waals surface area contributed by atoms with Gasteiger partial charge in [-0.1, -0.05) is 38.3 Å². The van der Waals surface area contributed by atoms with Crippen molar-refractivity contribution in [1.29, 1.82) is 0 Å². The number of unbranched alkanes of at least 4 members (excludes halogenated alkanes) is 3. The Morgan fingerprint density at radius 3 is 2.87 bits per heavy atom. The highest BCUT2D eigenvalue weighted by atomic mass is 127. The number of hydrogen-bond acceptors (Lipinski definition) is 2. The molecule has 5 nitrogen and oxygen atoms in total. The van der Waals surface area contributed by atoms with Gasteiger partial charge in [-0.3, -0.25) is 4.99 Å². The summed E-state index contributed by atoms with van der Waals surface area (Å²) >= 11 is 0. The van der Waals surface area contributed by atoms with Crippen molar-refractivity contribution in [2.45, 2.75) is 45.6 Å². The van der Waals surface area contributed by atoms with Gasteiger partial charge >= 0.3 is 0 Å². The molecule has 0 atom stereocenters. The number of nitrogens with one attached hydrogen (secondary N) is 1. The van der Waals surface area contributed by atoms with Crippen LogP contribution in [0.5, 0.6) is 0 Å². The van der Waals surface area contributed by atoms with E-state index in [2.05, 4.69) is 32.9 Å². The second-order valence-corrected chi connectivity index (χ2v) is 5.53. The Morgan fingerprint density at radius 1 is 1.22 bits per heavy atom. The molecule has 0 unspecified atom stereocenters. The number of aromatic nitrogens is 2. The van der Waals surface area contributed by atoms with E-state index in [0.29, 0.717) is 5.96 Å². The van der Waals surface area contributed by atoms with Crippen molar-refractivity contribution >= 4 is 41.0 Å². The van der Waals surface area contributed by atoms with Gasteiger partial charge in [0.05, 0.1) is 17.4 Å². The number of nitrogens with zero attached hydrogens (tertiary/aromatic N) is 3. The number of aliphatic imine (C=N–C) groups is 1. The van der Waals surface area contributed by atoms with Crippen LogP contribution in [0.2, 0.25) is 0 Å². The molecule has 0 aliphatic heterocycles. The molecule has 0 saturated heterocycles. The Balaban J connectivity index is 0.00000264. The van der Waals surface area contributed by atoms with Crippen molar-refractivity contribution in [3.05, 3.63) is 30.6 Å². The molecule has 1 aromatic carbocycles. The Bertz CT molecular complexity index is 593. The smallest absolute Gasteiger partial charge is 0.188 e. The van der Waals surface area contributed by atoms with Gasteiger partial charge in [0, 0.05) is 19.6 Å². The minimum Gasteiger partial charge on any atom is -0.370 e. The minimum absolute atomic E-state index is 0. The zero-order chi connectivity index (χ0) is 15.6. The van der Waals surface area contributed by atoms with Crippen LogP contribution in [0.15, 0.2) is 35.6 Å². The summed E-state index contributed by atoms with van der Waals surface area (Å²) in [6, 6.07) is 8.18. The topological polar surface area (TPSA) is 68.2 Å².